The monoisotopic (exact) mass is 273 g/mol. The summed E-state index contributed by atoms with van der Waals surface area (Å²) in [6.45, 7) is 5.35. The van der Waals surface area contributed by atoms with Crippen molar-refractivity contribution in [1.29, 1.82) is 0 Å². The SMILES string of the molecule is CCN(CC)c1c(CC(N)=O)c2ccccc2[nH]c1=O. The summed E-state index contributed by atoms with van der Waals surface area (Å²) < 4.78 is 0. The molecule has 1 heterocycles. The third-order valence-corrected chi connectivity index (χ3v) is 3.43. The standard InChI is InChI=1S/C15H19N3O2/c1-3-18(4-2)14-11(9-13(16)19)10-7-5-6-8-12(10)17-15(14)20/h5-8H,3-4,9H2,1-2H3,(H2,16,19)(H,17,20). The number of hydrogen-bond donors (Lipinski definition) is 2. The van der Waals surface area contributed by atoms with Crippen LogP contribution >= 0.6 is 0 Å². The normalized spacial score (nSPS) is 10.7. The van der Waals surface area contributed by atoms with E-state index in [2.05, 4.69) is 4.98 Å². The maximum absolute atomic E-state index is 12.3. The van der Waals surface area contributed by atoms with E-state index in [1.54, 1.807) is 0 Å². The Hall–Kier alpha value is -2.30. The second-order valence-corrected chi connectivity index (χ2v) is 4.64. The van der Waals surface area contributed by atoms with Crippen molar-refractivity contribution in [2.45, 2.75) is 20.3 Å². The van der Waals surface area contributed by atoms with Crippen LogP contribution in [0, 0.1) is 0 Å². The number of aromatic nitrogens is 1. The van der Waals surface area contributed by atoms with Gasteiger partial charge in [-0.05, 0) is 25.5 Å². The Morgan fingerprint density at radius 1 is 1.25 bits per heavy atom. The Morgan fingerprint density at radius 3 is 2.50 bits per heavy atom. The van der Waals surface area contributed by atoms with Gasteiger partial charge in [-0.1, -0.05) is 18.2 Å². The lowest BCUT2D eigenvalue weighted by Gasteiger charge is -2.23. The van der Waals surface area contributed by atoms with Crippen LogP contribution in [0.15, 0.2) is 29.1 Å². The fourth-order valence-electron chi connectivity index (χ4n) is 2.53. The Morgan fingerprint density at radius 2 is 1.90 bits per heavy atom. The van der Waals surface area contributed by atoms with Crippen molar-refractivity contribution in [3.8, 4) is 0 Å². The van der Waals surface area contributed by atoms with Gasteiger partial charge < -0.3 is 15.6 Å². The van der Waals surface area contributed by atoms with E-state index in [0.717, 1.165) is 10.9 Å². The molecule has 2 rings (SSSR count). The van der Waals surface area contributed by atoms with Crippen LogP contribution in [0.2, 0.25) is 0 Å². The number of rotatable bonds is 5. The summed E-state index contributed by atoms with van der Waals surface area (Å²) in [6.07, 6.45) is 0.0657. The van der Waals surface area contributed by atoms with Gasteiger partial charge in [0, 0.05) is 24.0 Å². The fraction of sp³-hybridized carbons (Fsp3) is 0.333. The Bertz CT molecular complexity index is 687. The highest BCUT2D eigenvalue weighted by molar-refractivity contribution is 5.91. The number of anilines is 1. The number of fused-ring (bicyclic) bond motifs is 1. The summed E-state index contributed by atoms with van der Waals surface area (Å²) in [6, 6.07) is 7.46. The molecular formula is C15H19N3O2. The Balaban J connectivity index is 2.80. The van der Waals surface area contributed by atoms with E-state index >= 15 is 0 Å². The summed E-state index contributed by atoms with van der Waals surface area (Å²) in [7, 11) is 0. The van der Waals surface area contributed by atoms with E-state index < -0.39 is 5.91 Å². The quantitative estimate of drug-likeness (QED) is 0.864. The molecule has 1 aromatic heterocycles. The Kier molecular flexibility index (Phi) is 4.08. The van der Waals surface area contributed by atoms with Gasteiger partial charge >= 0.3 is 0 Å². The number of carbonyl (C=O) groups excluding carboxylic acids is 1. The summed E-state index contributed by atoms with van der Waals surface area (Å²) >= 11 is 0. The van der Waals surface area contributed by atoms with Crippen molar-refractivity contribution in [3.63, 3.8) is 0 Å². The van der Waals surface area contributed by atoms with Gasteiger partial charge in [0.05, 0.1) is 6.42 Å². The first kappa shape index (κ1) is 14.1. The molecule has 106 valence electrons. The van der Waals surface area contributed by atoms with E-state index in [1.165, 1.54) is 0 Å². The molecule has 0 unspecified atom stereocenters. The number of benzene rings is 1. The molecule has 0 atom stereocenters. The molecule has 2 aromatic rings. The summed E-state index contributed by atoms with van der Waals surface area (Å²) in [5.41, 5.74) is 7.15. The number of primary amides is 1. The highest BCUT2D eigenvalue weighted by Gasteiger charge is 2.18. The topological polar surface area (TPSA) is 79.2 Å². The zero-order valence-electron chi connectivity index (χ0n) is 11.8. The number of hydrogen-bond acceptors (Lipinski definition) is 3. The van der Waals surface area contributed by atoms with Crippen molar-refractivity contribution < 1.29 is 4.79 Å². The average molecular weight is 273 g/mol. The minimum atomic E-state index is -0.436. The van der Waals surface area contributed by atoms with Crippen molar-refractivity contribution >= 4 is 22.5 Å². The lowest BCUT2D eigenvalue weighted by atomic mass is 10.0. The Labute approximate surface area is 117 Å². The first-order valence-corrected chi connectivity index (χ1v) is 6.75. The molecular weight excluding hydrogens is 254 g/mol. The number of para-hydroxylation sites is 1. The fourth-order valence-corrected chi connectivity index (χ4v) is 2.53. The maximum atomic E-state index is 12.3. The molecule has 1 amide bonds. The number of carbonyl (C=O) groups is 1. The van der Waals surface area contributed by atoms with E-state index in [1.807, 2.05) is 43.0 Å². The van der Waals surface area contributed by atoms with E-state index in [9.17, 15) is 9.59 Å². The van der Waals surface area contributed by atoms with Gasteiger partial charge in [-0.15, -0.1) is 0 Å². The summed E-state index contributed by atoms with van der Waals surface area (Å²) in [4.78, 5) is 28.5. The second kappa shape index (κ2) is 5.77. The lowest BCUT2D eigenvalue weighted by Crippen LogP contribution is -2.31. The van der Waals surface area contributed by atoms with Gasteiger partial charge in [0.25, 0.3) is 5.56 Å². The number of H-pyrrole nitrogens is 1. The zero-order valence-corrected chi connectivity index (χ0v) is 11.8. The first-order chi connectivity index (χ1) is 9.58. The minimum Gasteiger partial charge on any atom is -0.369 e. The predicted octanol–water partition coefficient (Wildman–Crippen LogP) is 1.40. The van der Waals surface area contributed by atoms with Crippen molar-refractivity contribution in [2.75, 3.05) is 18.0 Å². The van der Waals surface area contributed by atoms with Crippen LogP contribution in [0.25, 0.3) is 10.9 Å². The zero-order chi connectivity index (χ0) is 14.7. The van der Waals surface area contributed by atoms with Crippen LogP contribution in [-0.2, 0) is 11.2 Å². The molecule has 5 nitrogen and oxygen atoms in total. The molecule has 20 heavy (non-hydrogen) atoms. The second-order valence-electron chi connectivity index (χ2n) is 4.64. The van der Waals surface area contributed by atoms with Crippen molar-refractivity contribution in [3.05, 3.63) is 40.2 Å². The average Bonchev–Trinajstić information content (AvgIpc) is 2.42. The molecule has 0 radical (unpaired) electrons. The molecule has 0 aliphatic carbocycles. The smallest absolute Gasteiger partial charge is 0.272 e. The van der Waals surface area contributed by atoms with Crippen molar-refractivity contribution in [2.24, 2.45) is 5.73 Å². The molecule has 0 spiro atoms. The van der Waals surface area contributed by atoms with E-state index in [0.29, 0.717) is 24.3 Å². The molecule has 3 N–H and O–H groups in total. The van der Waals surface area contributed by atoms with Gasteiger partial charge in [-0.2, -0.15) is 0 Å². The molecule has 0 aliphatic rings. The van der Waals surface area contributed by atoms with Gasteiger partial charge in [0.2, 0.25) is 5.91 Å². The summed E-state index contributed by atoms with van der Waals surface area (Å²) in [5, 5.41) is 0.868. The molecule has 0 saturated carbocycles. The number of aromatic amines is 1. The minimum absolute atomic E-state index is 0.0657. The van der Waals surface area contributed by atoms with E-state index in [4.69, 9.17) is 5.73 Å². The van der Waals surface area contributed by atoms with Crippen LogP contribution < -0.4 is 16.2 Å². The molecule has 0 saturated heterocycles. The van der Waals surface area contributed by atoms with Gasteiger partial charge in [-0.25, -0.2) is 0 Å². The first-order valence-electron chi connectivity index (χ1n) is 6.75. The predicted molar refractivity (Wildman–Crippen MR) is 81.0 cm³/mol. The lowest BCUT2D eigenvalue weighted by molar-refractivity contribution is -0.117. The molecule has 0 aliphatic heterocycles. The van der Waals surface area contributed by atoms with Crippen LogP contribution in [0.5, 0.6) is 0 Å². The highest BCUT2D eigenvalue weighted by atomic mass is 16.1. The molecule has 1 aromatic carbocycles. The van der Waals surface area contributed by atoms with Gasteiger partial charge in [-0.3, -0.25) is 9.59 Å². The number of nitrogens with one attached hydrogen (secondary N) is 1. The molecule has 0 bridgehead atoms. The van der Waals surface area contributed by atoms with Gasteiger partial charge in [0.1, 0.15) is 5.69 Å². The third kappa shape index (κ3) is 2.52. The molecule has 0 fully saturated rings. The maximum Gasteiger partial charge on any atom is 0.272 e. The highest BCUT2D eigenvalue weighted by Crippen LogP contribution is 2.24. The van der Waals surface area contributed by atoms with E-state index in [-0.39, 0.29) is 12.0 Å². The van der Waals surface area contributed by atoms with Crippen LogP contribution in [-0.4, -0.2) is 24.0 Å². The largest absolute Gasteiger partial charge is 0.369 e. The number of nitrogens with two attached hydrogens (primary N) is 1. The number of amides is 1. The number of nitrogens with zero attached hydrogens (tertiary/aromatic N) is 1. The van der Waals surface area contributed by atoms with Crippen LogP contribution in [0.3, 0.4) is 0 Å². The number of pyridine rings is 1. The van der Waals surface area contributed by atoms with Crippen LogP contribution in [0.4, 0.5) is 5.69 Å². The molecule has 5 heteroatoms. The summed E-state index contributed by atoms with van der Waals surface area (Å²) in [5.74, 6) is -0.436. The van der Waals surface area contributed by atoms with Crippen LogP contribution in [0.1, 0.15) is 19.4 Å². The third-order valence-electron chi connectivity index (χ3n) is 3.43. The van der Waals surface area contributed by atoms with Crippen molar-refractivity contribution in [1.82, 2.24) is 4.98 Å². The van der Waals surface area contributed by atoms with Gasteiger partial charge in [0.15, 0.2) is 0 Å².